The number of halogens is 1. The quantitative estimate of drug-likeness (QED) is 0.797. The average molecular weight is 390 g/mol. The van der Waals surface area contributed by atoms with Crippen LogP contribution in [0.4, 0.5) is 22.2 Å². The van der Waals surface area contributed by atoms with Crippen LogP contribution in [0.2, 0.25) is 5.02 Å². The lowest BCUT2D eigenvalue weighted by Gasteiger charge is -2.31. The minimum Gasteiger partial charge on any atom is -0.450 e. The molecule has 0 unspecified atom stereocenters. The zero-order valence-electron chi connectivity index (χ0n) is 15.5. The number of aromatic nitrogens is 2. The lowest BCUT2D eigenvalue weighted by Crippen LogP contribution is -2.42. The molecule has 1 fully saturated rings. The molecule has 0 atom stereocenters. The van der Waals surface area contributed by atoms with Crippen molar-refractivity contribution in [3.8, 4) is 0 Å². The first-order valence-corrected chi connectivity index (χ1v) is 9.47. The fraction of sp³-hybridized carbons (Fsp3) is 0.421. The maximum atomic E-state index is 11.8. The van der Waals surface area contributed by atoms with Crippen molar-refractivity contribution < 1.29 is 9.53 Å². The third-order valence-electron chi connectivity index (χ3n) is 4.46. The van der Waals surface area contributed by atoms with Gasteiger partial charge in [0.05, 0.1) is 6.61 Å². The SMILES string of the molecule is CCOC(=O)N1CCC(Nc2ccnc(Nc3ccc(Cl)cc3C)n2)CC1. The van der Waals surface area contributed by atoms with Crippen molar-refractivity contribution in [2.45, 2.75) is 32.7 Å². The molecule has 144 valence electrons. The van der Waals surface area contributed by atoms with E-state index in [1.54, 1.807) is 11.1 Å². The Kier molecular flexibility index (Phi) is 6.34. The minimum atomic E-state index is -0.234. The first-order chi connectivity index (χ1) is 13.0. The number of aryl methyl sites for hydroxylation is 1. The molecule has 3 rings (SSSR count). The van der Waals surface area contributed by atoms with Gasteiger partial charge in [-0.25, -0.2) is 9.78 Å². The largest absolute Gasteiger partial charge is 0.450 e. The Morgan fingerprint density at radius 2 is 2.11 bits per heavy atom. The van der Waals surface area contributed by atoms with E-state index in [2.05, 4.69) is 20.6 Å². The van der Waals surface area contributed by atoms with Crippen LogP contribution < -0.4 is 10.6 Å². The van der Waals surface area contributed by atoms with Gasteiger partial charge in [0.25, 0.3) is 0 Å². The van der Waals surface area contributed by atoms with Gasteiger partial charge in [-0.3, -0.25) is 0 Å². The van der Waals surface area contributed by atoms with Crippen LogP contribution in [0.5, 0.6) is 0 Å². The highest BCUT2D eigenvalue weighted by atomic mass is 35.5. The molecule has 1 aliphatic heterocycles. The third-order valence-corrected chi connectivity index (χ3v) is 4.70. The average Bonchev–Trinajstić information content (AvgIpc) is 2.65. The van der Waals surface area contributed by atoms with Gasteiger partial charge in [0.1, 0.15) is 5.82 Å². The van der Waals surface area contributed by atoms with Crippen molar-refractivity contribution in [3.63, 3.8) is 0 Å². The molecule has 0 radical (unpaired) electrons. The van der Waals surface area contributed by atoms with Crippen molar-refractivity contribution >= 4 is 35.1 Å². The summed E-state index contributed by atoms with van der Waals surface area (Å²) in [5, 5.41) is 7.35. The molecule has 1 aromatic heterocycles. The van der Waals surface area contributed by atoms with Crippen LogP contribution >= 0.6 is 11.6 Å². The number of carbonyl (C=O) groups excluding carboxylic acids is 1. The number of anilines is 3. The fourth-order valence-electron chi connectivity index (χ4n) is 3.02. The highest BCUT2D eigenvalue weighted by Gasteiger charge is 2.23. The van der Waals surface area contributed by atoms with Gasteiger partial charge in [-0.2, -0.15) is 4.98 Å². The van der Waals surface area contributed by atoms with E-state index in [0.29, 0.717) is 30.7 Å². The van der Waals surface area contributed by atoms with Crippen LogP contribution in [0.3, 0.4) is 0 Å². The molecule has 27 heavy (non-hydrogen) atoms. The summed E-state index contributed by atoms with van der Waals surface area (Å²) in [6, 6.07) is 7.74. The van der Waals surface area contributed by atoms with Gasteiger partial charge in [-0.1, -0.05) is 11.6 Å². The van der Waals surface area contributed by atoms with Crippen molar-refractivity contribution in [2.24, 2.45) is 0 Å². The first-order valence-electron chi connectivity index (χ1n) is 9.09. The van der Waals surface area contributed by atoms with E-state index in [4.69, 9.17) is 16.3 Å². The molecule has 1 aromatic carbocycles. The summed E-state index contributed by atoms with van der Waals surface area (Å²) in [5.41, 5.74) is 1.94. The van der Waals surface area contributed by atoms with E-state index in [1.165, 1.54) is 0 Å². The van der Waals surface area contributed by atoms with Crippen LogP contribution in [0.15, 0.2) is 30.5 Å². The minimum absolute atomic E-state index is 0.234. The standard InChI is InChI=1S/C19H24ClN5O2/c1-3-27-19(26)25-10-7-15(8-11-25)22-17-6-9-21-18(24-17)23-16-5-4-14(20)12-13(16)2/h4-6,9,12,15H,3,7-8,10-11H2,1-2H3,(H2,21,22,23,24). The molecule has 1 amide bonds. The Labute approximate surface area is 164 Å². The predicted molar refractivity (Wildman–Crippen MR) is 107 cm³/mol. The summed E-state index contributed by atoms with van der Waals surface area (Å²) in [5.74, 6) is 1.28. The van der Waals surface area contributed by atoms with Crippen molar-refractivity contribution in [1.29, 1.82) is 0 Å². The van der Waals surface area contributed by atoms with E-state index in [0.717, 1.165) is 29.9 Å². The number of likely N-dealkylation sites (tertiary alicyclic amines) is 1. The number of nitrogens with zero attached hydrogens (tertiary/aromatic N) is 3. The second-order valence-electron chi connectivity index (χ2n) is 6.45. The van der Waals surface area contributed by atoms with Gasteiger partial charge in [-0.05, 0) is 56.5 Å². The Hall–Kier alpha value is -2.54. The lowest BCUT2D eigenvalue weighted by molar-refractivity contribution is 0.0983. The number of piperidine rings is 1. The van der Waals surface area contributed by atoms with E-state index in [9.17, 15) is 4.79 Å². The maximum Gasteiger partial charge on any atom is 0.409 e. The summed E-state index contributed by atoms with van der Waals surface area (Å²) < 4.78 is 5.05. The summed E-state index contributed by atoms with van der Waals surface area (Å²) in [6.45, 7) is 5.56. The van der Waals surface area contributed by atoms with Crippen molar-refractivity contribution in [1.82, 2.24) is 14.9 Å². The van der Waals surface area contributed by atoms with Crippen LogP contribution in [0.25, 0.3) is 0 Å². The van der Waals surface area contributed by atoms with E-state index in [-0.39, 0.29) is 12.1 Å². The molecule has 7 nitrogen and oxygen atoms in total. The Morgan fingerprint density at radius 1 is 1.33 bits per heavy atom. The third kappa shape index (κ3) is 5.23. The van der Waals surface area contributed by atoms with Crippen LogP contribution in [0, 0.1) is 6.92 Å². The smallest absolute Gasteiger partial charge is 0.409 e. The van der Waals surface area contributed by atoms with Gasteiger partial charge in [0.2, 0.25) is 5.95 Å². The molecule has 0 saturated carbocycles. The highest BCUT2D eigenvalue weighted by Crippen LogP contribution is 2.23. The molecule has 0 aliphatic carbocycles. The molecule has 2 N–H and O–H groups in total. The van der Waals surface area contributed by atoms with Crippen molar-refractivity contribution in [2.75, 3.05) is 30.3 Å². The van der Waals surface area contributed by atoms with E-state index >= 15 is 0 Å². The highest BCUT2D eigenvalue weighted by molar-refractivity contribution is 6.30. The van der Waals surface area contributed by atoms with Gasteiger partial charge in [-0.15, -0.1) is 0 Å². The maximum absolute atomic E-state index is 11.8. The second kappa shape index (κ2) is 8.90. The molecule has 1 aliphatic rings. The Morgan fingerprint density at radius 3 is 2.81 bits per heavy atom. The summed E-state index contributed by atoms with van der Waals surface area (Å²) in [6.07, 6.45) is 3.18. The number of hydrogen-bond acceptors (Lipinski definition) is 6. The number of hydrogen-bond donors (Lipinski definition) is 2. The van der Waals surface area contributed by atoms with Crippen LogP contribution in [-0.2, 0) is 4.74 Å². The van der Waals surface area contributed by atoms with Gasteiger partial charge < -0.3 is 20.3 Å². The zero-order valence-corrected chi connectivity index (χ0v) is 16.3. The zero-order chi connectivity index (χ0) is 19.2. The lowest BCUT2D eigenvalue weighted by atomic mass is 10.1. The summed E-state index contributed by atoms with van der Waals surface area (Å²) in [7, 11) is 0. The molecule has 2 aromatic rings. The number of rotatable bonds is 5. The first kappa shape index (κ1) is 19.2. The molecule has 0 spiro atoms. The van der Waals surface area contributed by atoms with Crippen LogP contribution in [0.1, 0.15) is 25.3 Å². The second-order valence-corrected chi connectivity index (χ2v) is 6.89. The molecule has 8 heteroatoms. The molecular formula is C19H24ClN5O2. The topological polar surface area (TPSA) is 79.4 Å². The van der Waals surface area contributed by atoms with E-state index < -0.39 is 0 Å². The molecule has 2 heterocycles. The van der Waals surface area contributed by atoms with Gasteiger partial charge in [0, 0.05) is 36.0 Å². The number of carbonyl (C=O) groups is 1. The Bertz CT molecular complexity index is 793. The Balaban J connectivity index is 1.57. The van der Waals surface area contributed by atoms with Gasteiger partial charge >= 0.3 is 6.09 Å². The van der Waals surface area contributed by atoms with Crippen LogP contribution in [-0.4, -0.2) is 46.7 Å². The summed E-state index contributed by atoms with van der Waals surface area (Å²) >= 11 is 6.00. The number of benzene rings is 1. The summed E-state index contributed by atoms with van der Waals surface area (Å²) in [4.78, 5) is 22.3. The van der Waals surface area contributed by atoms with Crippen molar-refractivity contribution in [3.05, 3.63) is 41.0 Å². The van der Waals surface area contributed by atoms with Gasteiger partial charge in [0.15, 0.2) is 0 Å². The fourth-order valence-corrected chi connectivity index (χ4v) is 3.24. The molecule has 0 bridgehead atoms. The van der Waals surface area contributed by atoms with E-state index in [1.807, 2.05) is 38.1 Å². The number of amides is 1. The predicted octanol–water partition coefficient (Wildman–Crippen LogP) is 4.21. The normalized spacial score (nSPS) is 14.7. The molecule has 1 saturated heterocycles. The number of ether oxygens (including phenoxy) is 1. The molecular weight excluding hydrogens is 366 g/mol. The number of nitrogens with one attached hydrogen (secondary N) is 2. The monoisotopic (exact) mass is 389 g/mol.